The molecule has 0 aromatic heterocycles. The first-order valence-corrected chi connectivity index (χ1v) is 7.43. The molecular formula is C17H16O3S. The van der Waals surface area contributed by atoms with Gasteiger partial charge in [0.05, 0.1) is 7.11 Å². The van der Waals surface area contributed by atoms with Crippen LogP contribution in [0.25, 0.3) is 6.08 Å². The van der Waals surface area contributed by atoms with Gasteiger partial charge in [-0.05, 0) is 41.5 Å². The monoisotopic (exact) mass is 300 g/mol. The van der Waals surface area contributed by atoms with Gasteiger partial charge in [0.1, 0.15) is 5.75 Å². The molecule has 21 heavy (non-hydrogen) atoms. The summed E-state index contributed by atoms with van der Waals surface area (Å²) in [6, 6.07) is 15.8. The lowest BCUT2D eigenvalue weighted by atomic mass is 10.1. The van der Waals surface area contributed by atoms with Crippen LogP contribution in [0.4, 0.5) is 0 Å². The van der Waals surface area contributed by atoms with Crippen molar-refractivity contribution in [2.24, 2.45) is 0 Å². The van der Waals surface area contributed by atoms with E-state index in [9.17, 15) is 4.79 Å². The van der Waals surface area contributed by atoms with Crippen LogP contribution in [0.2, 0.25) is 0 Å². The predicted octanol–water partition coefficient (Wildman–Crippen LogP) is 4.09. The van der Waals surface area contributed by atoms with Gasteiger partial charge in [-0.2, -0.15) is 0 Å². The number of hydrogen-bond donors (Lipinski definition) is 1. The first kappa shape index (κ1) is 15.2. The second-order valence-electron chi connectivity index (χ2n) is 4.38. The highest BCUT2D eigenvalue weighted by atomic mass is 32.2. The van der Waals surface area contributed by atoms with Crippen LogP contribution in [-0.2, 0) is 10.5 Å². The van der Waals surface area contributed by atoms with Gasteiger partial charge in [0.15, 0.2) is 0 Å². The van der Waals surface area contributed by atoms with Crippen molar-refractivity contribution in [2.45, 2.75) is 10.6 Å². The summed E-state index contributed by atoms with van der Waals surface area (Å²) in [6.45, 7) is 0. The summed E-state index contributed by atoms with van der Waals surface area (Å²) >= 11 is 1.73. The molecule has 4 heteroatoms. The minimum Gasteiger partial charge on any atom is -0.497 e. The number of hydrogen-bond acceptors (Lipinski definition) is 3. The molecule has 0 aliphatic heterocycles. The Bertz CT molecular complexity index is 633. The lowest BCUT2D eigenvalue weighted by Crippen LogP contribution is -1.87. The lowest BCUT2D eigenvalue weighted by molar-refractivity contribution is -0.131. The van der Waals surface area contributed by atoms with Crippen LogP contribution in [0.3, 0.4) is 0 Å². The number of methoxy groups -OCH3 is 1. The van der Waals surface area contributed by atoms with Crippen molar-refractivity contribution >= 4 is 23.8 Å². The minimum atomic E-state index is -0.937. The van der Waals surface area contributed by atoms with Crippen molar-refractivity contribution < 1.29 is 14.6 Å². The maximum Gasteiger partial charge on any atom is 0.328 e. The zero-order valence-corrected chi connectivity index (χ0v) is 12.5. The highest BCUT2D eigenvalue weighted by Gasteiger charge is 1.99. The van der Waals surface area contributed by atoms with Crippen LogP contribution in [0, 0.1) is 0 Å². The average Bonchev–Trinajstić information content (AvgIpc) is 2.52. The summed E-state index contributed by atoms with van der Waals surface area (Å²) in [5.74, 6) is 0.745. The van der Waals surface area contributed by atoms with E-state index in [0.717, 1.165) is 28.7 Å². The second kappa shape index (κ2) is 7.55. The van der Waals surface area contributed by atoms with E-state index in [1.165, 1.54) is 4.90 Å². The lowest BCUT2D eigenvalue weighted by Gasteiger charge is -2.04. The summed E-state index contributed by atoms with van der Waals surface area (Å²) in [4.78, 5) is 11.7. The number of rotatable bonds is 6. The molecule has 0 heterocycles. The SMILES string of the molecule is COc1ccc(SCc2cccc(C=CC(=O)O)c2)cc1. The smallest absolute Gasteiger partial charge is 0.328 e. The Morgan fingerprint density at radius 2 is 2.00 bits per heavy atom. The topological polar surface area (TPSA) is 46.5 Å². The molecule has 0 bridgehead atoms. The third-order valence-corrected chi connectivity index (χ3v) is 3.92. The van der Waals surface area contributed by atoms with Crippen LogP contribution >= 0.6 is 11.8 Å². The molecule has 2 aromatic carbocycles. The Kier molecular flexibility index (Phi) is 5.46. The Hall–Kier alpha value is -2.20. The van der Waals surface area contributed by atoms with E-state index >= 15 is 0 Å². The van der Waals surface area contributed by atoms with Crippen LogP contribution in [-0.4, -0.2) is 18.2 Å². The number of benzene rings is 2. The summed E-state index contributed by atoms with van der Waals surface area (Å²) in [5.41, 5.74) is 2.05. The number of thioether (sulfide) groups is 1. The molecular weight excluding hydrogens is 284 g/mol. The van der Waals surface area contributed by atoms with Crippen LogP contribution in [0.5, 0.6) is 5.75 Å². The van der Waals surface area contributed by atoms with E-state index in [0.29, 0.717) is 0 Å². The maximum atomic E-state index is 10.5. The Balaban J connectivity index is 1.99. The standard InChI is InChI=1S/C17H16O3S/c1-20-15-6-8-16(9-7-15)21-12-14-4-2-3-13(11-14)5-10-17(18)19/h2-11H,12H2,1H3,(H,18,19). The number of ether oxygens (including phenoxy) is 1. The van der Waals surface area contributed by atoms with Gasteiger partial charge in [-0.25, -0.2) is 4.79 Å². The van der Waals surface area contributed by atoms with Crippen LogP contribution < -0.4 is 4.74 Å². The molecule has 0 amide bonds. The zero-order valence-electron chi connectivity index (χ0n) is 11.7. The first-order valence-electron chi connectivity index (χ1n) is 6.44. The molecule has 108 valence electrons. The Morgan fingerprint density at radius 3 is 2.67 bits per heavy atom. The molecule has 0 unspecified atom stereocenters. The fourth-order valence-electron chi connectivity index (χ4n) is 1.79. The molecule has 0 aliphatic rings. The van der Waals surface area contributed by atoms with Gasteiger partial charge in [0.2, 0.25) is 0 Å². The average molecular weight is 300 g/mol. The number of carbonyl (C=O) groups is 1. The highest BCUT2D eigenvalue weighted by molar-refractivity contribution is 7.98. The van der Waals surface area contributed by atoms with Gasteiger partial charge in [-0.1, -0.05) is 24.3 Å². The highest BCUT2D eigenvalue weighted by Crippen LogP contribution is 2.25. The Labute approximate surface area is 128 Å². The van der Waals surface area contributed by atoms with Gasteiger partial charge in [0.25, 0.3) is 0 Å². The van der Waals surface area contributed by atoms with Crippen molar-refractivity contribution in [3.05, 3.63) is 65.7 Å². The van der Waals surface area contributed by atoms with Crippen LogP contribution in [0.1, 0.15) is 11.1 Å². The molecule has 0 saturated heterocycles. The molecule has 0 aliphatic carbocycles. The first-order chi connectivity index (χ1) is 10.2. The molecule has 1 N–H and O–H groups in total. The number of carboxylic acid groups (broad SMARTS) is 1. The molecule has 2 rings (SSSR count). The van der Waals surface area contributed by atoms with Gasteiger partial charge in [-0.3, -0.25) is 0 Å². The van der Waals surface area contributed by atoms with Gasteiger partial charge >= 0.3 is 5.97 Å². The molecule has 0 radical (unpaired) electrons. The van der Waals surface area contributed by atoms with Crippen molar-refractivity contribution in [1.29, 1.82) is 0 Å². The van der Waals surface area contributed by atoms with E-state index in [-0.39, 0.29) is 0 Å². The number of aliphatic carboxylic acids is 1. The van der Waals surface area contributed by atoms with E-state index in [4.69, 9.17) is 9.84 Å². The van der Waals surface area contributed by atoms with E-state index < -0.39 is 5.97 Å². The molecule has 2 aromatic rings. The van der Waals surface area contributed by atoms with Gasteiger partial charge in [-0.15, -0.1) is 11.8 Å². The van der Waals surface area contributed by atoms with Crippen molar-refractivity contribution in [2.75, 3.05) is 7.11 Å². The Morgan fingerprint density at radius 1 is 1.24 bits per heavy atom. The van der Waals surface area contributed by atoms with Crippen molar-refractivity contribution in [1.82, 2.24) is 0 Å². The van der Waals surface area contributed by atoms with Crippen molar-refractivity contribution in [3.8, 4) is 5.75 Å². The van der Waals surface area contributed by atoms with Crippen LogP contribution in [0.15, 0.2) is 59.5 Å². The molecule has 0 atom stereocenters. The fourth-order valence-corrected chi connectivity index (χ4v) is 2.63. The summed E-state index contributed by atoms with van der Waals surface area (Å²) < 4.78 is 5.13. The molecule has 3 nitrogen and oxygen atoms in total. The molecule has 0 fully saturated rings. The number of carboxylic acids is 1. The van der Waals surface area contributed by atoms with Gasteiger partial charge < -0.3 is 9.84 Å². The minimum absolute atomic E-state index is 0.834. The zero-order chi connectivity index (χ0) is 15.1. The fraction of sp³-hybridized carbons (Fsp3) is 0.118. The normalized spacial score (nSPS) is 10.7. The maximum absolute atomic E-state index is 10.5. The second-order valence-corrected chi connectivity index (χ2v) is 5.43. The molecule has 0 spiro atoms. The third-order valence-electron chi connectivity index (χ3n) is 2.83. The summed E-state index contributed by atoms with van der Waals surface area (Å²) in [6.07, 6.45) is 2.75. The quantitative estimate of drug-likeness (QED) is 0.645. The van der Waals surface area contributed by atoms with Crippen molar-refractivity contribution in [3.63, 3.8) is 0 Å². The predicted molar refractivity (Wildman–Crippen MR) is 85.7 cm³/mol. The molecule has 0 saturated carbocycles. The summed E-state index contributed by atoms with van der Waals surface area (Å²) in [7, 11) is 1.65. The third kappa shape index (κ3) is 5.00. The van der Waals surface area contributed by atoms with E-state index in [1.807, 2.05) is 48.5 Å². The largest absolute Gasteiger partial charge is 0.497 e. The van der Waals surface area contributed by atoms with E-state index in [2.05, 4.69) is 0 Å². The van der Waals surface area contributed by atoms with E-state index in [1.54, 1.807) is 24.9 Å². The van der Waals surface area contributed by atoms with Gasteiger partial charge in [0, 0.05) is 16.7 Å². The summed E-state index contributed by atoms with van der Waals surface area (Å²) in [5, 5.41) is 8.64.